The second-order valence-electron chi connectivity index (χ2n) is 7.58. The lowest BCUT2D eigenvalue weighted by Gasteiger charge is -2.38. The van der Waals surface area contributed by atoms with Gasteiger partial charge in [0, 0.05) is 5.41 Å². The third-order valence-electron chi connectivity index (χ3n) is 6.41. The van der Waals surface area contributed by atoms with E-state index in [2.05, 4.69) is 20.8 Å². The molecule has 2 saturated carbocycles. The number of nitrogens with zero attached hydrogens (tertiary/aromatic N) is 1. The minimum absolute atomic E-state index is 0.0145. The van der Waals surface area contributed by atoms with Crippen molar-refractivity contribution in [1.29, 1.82) is 5.26 Å². The molecule has 3 nitrogen and oxygen atoms in total. The highest BCUT2D eigenvalue weighted by Crippen LogP contribution is 2.66. The van der Waals surface area contributed by atoms with E-state index in [1.54, 1.807) is 6.08 Å². The van der Waals surface area contributed by atoms with Crippen LogP contribution >= 0.6 is 0 Å². The van der Waals surface area contributed by atoms with Crippen molar-refractivity contribution in [2.24, 2.45) is 16.7 Å². The number of hydrogen-bond acceptors (Lipinski definition) is 3. The van der Waals surface area contributed by atoms with Crippen molar-refractivity contribution in [3.63, 3.8) is 0 Å². The largest absolute Gasteiger partial charge is 0.458 e. The molecular weight excluding hydrogens is 286 g/mol. The van der Waals surface area contributed by atoms with Gasteiger partial charge in [0.2, 0.25) is 0 Å². The molecule has 3 atom stereocenters. The van der Waals surface area contributed by atoms with Crippen LogP contribution < -0.4 is 0 Å². The van der Waals surface area contributed by atoms with E-state index < -0.39 is 5.97 Å². The molecule has 2 fully saturated rings. The maximum Gasteiger partial charge on any atom is 0.349 e. The number of rotatable bonds is 3. The fourth-order valence-electron chi connectivity index (χ4n) is 4.35. The van der Waals surface area contributed by atoms with Crippen LogP contribution in [0, 0.1) is 28.1 Å². The SMILES string of the molecule is CC1(C)[C@H]2CC[C@]1(C)[C@H](OC(=O)/C(C#N)=C/c1ccccc1)C2. The van der Waals surface area contributed by atoms with Crippen LogP contribution in [0.3, 0.4) is 0 Å². The van der Waals surface area contributed by atoms with Crippen molar-refractivity contribution in [3.8, 4) is 6.07 Å². The highest BCUT2D eigenvalue weighted by atomic mass is 16.5. The van der Waals surface area contributed by atoms with Gasteiger partial charge in [-0.2, -0.15) is 5.26 Å². The van der Waals surface area contributed by atoms with E-state index in [1.165, 1.54) is 6.42 Å². The molecule has 2 aliphatic carbocycles. The number of hydrogen-bond donors (Lipinski definition) is 0. The molecule has 2 bridgehead atoms. The van der Waals surface area contributed by atoms with Crippen LogP contribution in [-0.4, -0.2) is 12.1 Å². The van der Waals surface area contributed by atoms with E-state index in [-0.39, 0.29) is 22.5 Å². The second kappa shape index (κ2) is 5.53. The third kappa shape index (κ3) is 2.47. The van der Waals surface area contributed by atoms with Crippen molar-refractivity contribution >= 4 is 12.0 Å². The molecule has 2 aliphatic rings. The number of nitriles is 1. The van der Waals surface area contributed by atoms with Gasteiger partial charge in [0.1, 0.15) is 17.7 Å². The summed E-state index contributed by atoms with van der Waals surface area (Å²) in [6.07, 6.45) is 4.73. The molecule has 0 saturated heterocycles. The summed E-state index contributed by atoms with van der Waals surface area (Å²) in [4.78, 5) is 12.5. The number of esters is 1. The van der Waals surface area contributed by atoms with Crippen molar-refractivity contribution < 1.29 is 9.53 Å². The molecule has 0 N–H and O–H groups in total. The fraction of sp³-hybridized carbons (Fsp3) is 0.500. The van der Waals surface area contributed by atoms with Crippen LogP contribution in [0.1, 0.15) is 45.6 Å². The van der Waals surface area contributed by atoms with E-state index >= 15 is 0 Å². The summed E-state index contributed by atoms with van der Waals surface area (Å²) in [7, 11) is 0. The molecule has 0 aliphatic heterocycles. The number of carbonyl (C=O) groups is 1. The van der Waals surface area contributed by atoms with E-state index in [4.69, 9.17) is 4.74 Å². The third-order valence-corrected chi connectivity index (χ3v) is 6.41. The molecule has 3 heteroatoms. The zero-order chi connectivity index (χ0) is 16.7. The van der Waals surface area contributed by atoms with Crippen LogP contribution in [0.25, 0.3) is 6.08 Å². The zero-order valence-corrected chi connectivity index (χ0v) is 14.0. The molecule has 1 aromatic rings. The van der Waals surface area contributed by atoms with Gasteiger partial charge >= 0.3 is 5.97 Å². The first-order valence-electron chi connectivity index (χ1n) is 8.26. The topological polar surface area (TPSA) is 50.1 Å². The first-order valence-corrected chi connectivity index (χ1v) is 8.26. The zero-order valence-electron chi connectivity index (χ0n) is 14.0. The summed E-state index contributed by atoms with van der Waals surface area (Å²) in [5, 5.41) is 9.31. The lowest BCUT2D eigenvalue weighted by molar-refractivity contribution is -0.151. The molecule has 0 aromatic heterocycles. The van der Waals surface area contributed by atoms with Gasteiger partial charge in [-0.15, -0.1) is 0 Å². The normalized spacial score (nSPS) is 31.7. The second-order valence-corrected chi connectivity index (χ2v) is 7.58. The van der Waals surface area contributed by atoms with Gasteiger partial charge in [-0.3, -0.25) is 0 Å². The molecular formula is C20H23NO2. The van der Waals surface area contributed by atoms with E-state index in [1.807, 2.05) is 36.4 Å². The fourth-order valence-corrected chi connectivity index (χ4v) is 4.35. The summed E-state index contributed by atoms with van der Waals surface area (Å²) in [6.45, 7) is 6.79. The van der Waals surface area contributed by atoms with Gasteiger partial charge in [-0.25, -0.2) is 4.79 Å². The molecule has 0 amide bonds. The van der Waals surface area contributed by atoms with Crippen molar-refractivity contribution in [3.05, 3.63) is 41.5 Å². The Balaban J connectivity index is 1.77. The molecule has 0 unspecified atom stereocenters. The Bertz CT molecular complexity index is 683. The van der Waals surface area contributed by atoms with Crippen LogP contribution in [-0.2, 0) is 9.53 Å². The van der Waals surface area contributed by atoms with E-state index in [9.17, 15) is 10.1 Å². The molecule has 3 rings (SSSR count). The number of carbonyl (C=O) groups excluding carboxylic acids is 1. The van der Waals surface area contributed by atoms with Crippen LogP contribution in [0.5, 0.6) is 0 Å². The first kappa shape index (κ1) is 15.8. The van der Waals surface area contributed by atoms with Gasteiger partial charge in [-0.1, -0.05) is 51.1 Å². The smallest absolute Gasteiger partial charge is 0.349 e. The summed E-state index contributed by atoms with van der Waals surface area (Å²) in [5.41, 5.74) is 1.11. The summed E-state index contributed by atoms with van der Waals surface area (Å²) < 4.78 is 5.78. The van der Waals surface area contributed by atoms with Gasteiger partial charge in [0.05, 0.1) is 0 Å². The lowest BCUT2D eigenvalue weighted by Crippen LogP contribution is -2.38. The van der Waals surface area contributed by atoms with E-state index in [0.717, 1.165) is 18.4 Å². The van der Waals surface area contributed by atoms with Crippen LogP contribution in [0.2, 0.25) is 0 Å². The molecule has 0 heterocycles. The Morgan fingerprint density at radius 1 is 1.30 bits per heavy atom. The summed E-state index contributed by atoms with van der Waals surface area (Å²) in [6, 6.07) is 11.4. The standard InChI is InChI=1S/C20H23NO2/c1-19(2)16-9-10-20(19,3)17(12-16)23-18(22)15(13-21)11-14-7-5-4-6-8-14/h4-8,11,16-17H,9-10,12H2,1-3H3/b15-11+/t16-,17+,20+/m0/s1. The predicted octanol–water partition coefficient (Wildman–Crippen LogP) is 4.35. The quantitative estimate of drug-likeness (QED) is 0.474. The molecule has 0 radical (unpaired) electrons. The predicted molar refractivity (Wildman–Crippen MR) is 89.1 cm³/mol. The Kier molecular flexibility index (Phi) is 3.80. The molecule has 1 aromatic carbocycles. The maximum absolute atomic E-state index is 12.5. The van der Waals surface area contributed by atoms with Gasteiger partial charge in [0.25, 0.3) is 0 Å². The van der Waals surface area contributed by atoms with Crippen molar-refractivity contribution in [2.75, 3.05) is 0 Å². The van der Waals surface area contributed by atoms with Gasteiger partial charge in [0.15, 0.2) is 0 Å². The van der Waals surface area contributed by atoms with Crippen molar-refractivity contribution in [1.82, 2.24) is 0 Å². The minimum Gasteiger partial charge on any atom is -0.458 e. The Labute approximate surface area is 138 Å². The minimum atomic E-state index is -0.495. The average Bonchev–Trinajstić information content (AvgIpc) is 2.87. The number of benzene rings is 1. The number of fused-ring (bicyclic) bond motifs is 2. The first-order chi connectivity index (χ1) is 10.9. The van der Waals surface area contributed by atoms with Gasteiger partial charge < -0.3 is 4.74 Å². The monoisotopic (exact) mass is 309 g/mol. The highest BCUT2D eigenvalue weighted by molar-refractivity contribution is 5.98. The van der Waals surface area contributed by atoms with Crippen LogP contribution in [0.15, 0.2) is 35.9 Å². The van der Waals surface area contributed by atoms with Crippen molar-refractivity contribution in [2.45, 2.75) is 46.1 Å². The van der Waals surface area contributed by atoms with Crippen LogP contribution in [0.4, 0.5) is 0 Å². The molecule has 120 valence electrons. The lowest BCUT2D eigenvalue weighted by atomic mass is 9.70. The Hall–Kier alpha value is -2.08. The summed E-state index contributed by atoms with van der Waals surface area (Å²) >= 11 is 0. The highest BCUT2D eigenvalue weighted by Gasteiger charge is 2.62. The summed E-state index contributed by atoms with van der Waals surface area (Å²) in [5.74, 6) is 0.111. The molecule has 0 spiro atoms. The maximum atomic E-state index is 12.5. The Morgan fingerprint density at radius 3 is 2.52 bits per heavy atom. The average molecular weight is 309 g/mol. The van der Waals surface area contributed by atoms with E-state index in [0.29, 0.717) is 5.92 Å². The molecule has 23 heavy (non-hydrogen) atoms. The number of ether oxygens (including phenoxy) is 1. The van der Waals surface area contributed by atoms with Gasteiger partial charge in [-0.05, 0) is 42.2 Å². The Morgan fingerprint density at radius 2 is 2.00 bits per heavy atom.